The van der Waals surface area contributed by atoms with Gasteiger partial charge in [-0.25, -0.2) is 9.37 Å². The quantitative estimate of drug-likeness (QED) is 0.525. The molecule has 6 nitrogen and oxygen atoms in total. The van der Waals surface area contributed by atoms with Crippen LogP contribution in [0.3, 0.4) is 0 Å². The third kappa shape index (κ3) is 3.54. The van der Waals surface area contributed by atoms with Crippen molar-refractivity contribution in [1.82, 2.24) is 15.2 Å². The summed E-state index contributed by atoms with van der Waals surface area (Å²) in [5.41, 5.74) is 1.18. The smallest absolute Gasteiger partial charge is 0.258 e. The zero-order valence-electron chi connectivity index (χ0n) is 14.8. The van der Waals surface area contributed by atoms with E-state index < -0.39 is 5.82 Å². The molecule has 0 aliphatic carbocycles. The Morgan fingerprint density at radius 1 is 1.11 bits per heavy atom. The third-order valence-electron chi connectivity index (χ3n) is 4.04. The van der Waals surface area contributed by atoms with Gasteiger partial charge < -0.3 is 4.42 Å². The number of nitrogens with one attached hydrogen (secondary N) is 1. The highest BCUT2D eigenvalue weighted by atomic mass is 32.1. The van der Waals surface area contributed by atoms with Crippen LogP contribution in [-0.4, -0.2) is 21.1 Å². The van der Waals surface area contributed by atoms with Crippen LogP contribution in [-0.2, 0) is 6.42 Å². The Kier molecular flexibility index (Phi) is 4.94. The van der Waals surface area contributed by atoms with Crippen LogP contribution in [0.2, 0.25) is 0 Å². The molecule has 4 rings (SSSR count). The Labute approximate surface area is 164 Å². The van der Waals surface area contributed by atoms with E-state index in [0.29, 0.717) is 27.6 Å². The Morgan fingerprint density at radius 2 is 1.86 bits per heavy atom. The van der Waals surface area contributed by atoms with Crippen molar-refractivity contribution in [2.75, 3.05) is 5.32 Å². The van der Waals surface area contributed by atoms with Crippen molar-refractivity contribution in [3.63, 3.8) is 0 Å². The maximum atomic E-state index is 14.0. The molecule has 28 heavy (non-hydrogen) atoms. The summed E-state index contributed by atoms with van der Waals surface area (Å²) in [6.07, 6.45) is 2.19. The highest BCUT2D eigenvalue weighted by molar-refractivity contribution is 7.15. The number of aryl methyl sites for hydroxylation is 1. The SMILES string of the molecule is CCc1nnc(NC(=O)c2ccccc2-c2ncc(-c3ccccc3F)o2)s1. The van der Waals surface area contributed by atoms with Gasteiger partial charge in [0.25, 0.3) is 5.91 Å². The molecule has 0 fully saturated rings. The normalized spacial score (nSPS) is 10.8. The Hall–Kier alpha value is -3.39. The summed E-state index contributed by atoms with van der Waals surface area (Å²) >= 11 is 1.33. The molecule has 2 aromatic heterocycles. The van der Waals surface area contributed by atoms with Crippen LogP contribution in [0.4, 0.5) is 9.52 Å². The molecule has 0 atom stereocenters. The Morgan fingerprint density at radius 3 is 2.61 bits per heavy atom. The van der Waals surface area contributed by atoms with E-state index in [-0.39, 0.29) is 11.8 Å². The second-order valence-electron chi connectivity index (χ2n) is 5.86. The number of anilines is 1. The number of aromatic nitrogens is 3. The summed E-state index contributed by atoms with van der Waals surface area (Å²) in [5, 5.41) is 12.0. The van der Waals surface area contributed by atoms with Crippen molar-refractivity contribution in [3.05, 3.63) is 71.1 Å². The van der Waals surface area contributed by atoms with Crippen molar-refractivity contribution in [1.29, 1.82) is 0 Å². The van der Waals surface area contributed by atoms with Gasteiger partial charge in [-0.15, -0.1) is 10.2 Å². The van der Waals surface area contributed by atoms with Crippen LogP contribution in [0.25, 0.3) is 22.8 Å². The molecule has 0 saturated heterocycles. The van der Waals surface area contributed by atoms with Crippen molar-refractivity contribution in [2.24, 2.45) is 0 Å². The lowest BCUT2D eigenvalue weighted by atomic mass is 10.1. The van der Waals surface area contributed by atoms with Crippen molar-refractivity contribution < 1.29 is 13.6 Å². The predicted octanol–water partition coefficient (Wildman–Crippen LogP) is 4.81. The molecule has 0 saturated carbocycles. The monoisotopic (exact) mass is 394 g/mol. The van der Waals surface area contributed by atoms with E-state index in [4.69, 9.17) is 4.42 Å². The standard InChI is InChI=1S/C20H15FN4O2S/c1-2-17-24-25-20(28-17)23-18(26)12-7-3-4-8-13(12)19-22-11-16(27-19)14-9-5-6-10-15(14)21/h3-11H,2H2,1H3,(H,23,25,26). The van der Waals surface area contributed by atoms with Crippen LogP contribution >= 0.6 is 11.3 Å². The molecule has 1 N–H and O–H groups in total. The van der Waals surface area contributed by atoms with Gasteiger partial charge in [-0.1, -0.05) is 42.5 Å². The molecule has 2 aromatic carbocycles. The number of rotatable bonds is 5. The largest absolute Gasteiger partial charge is 0.436 e. The number of halogens is 1. The minimum atomic E-state index is -0.403. The van der Waals surface area contributed by atoms with Crippen LogP contribution in [0.5, 0.6) is 0 Å². The van der Waals surface area contributed by atoms with Gasteiger partial charge in [0.05, 0.1) is 17.3 Å². The summed E-state index contributed by atoms with van der Waals surface area (Å²) in [6, 6.07) is 13.2. The number of hydrogen-bond donors (Lipinski definition) is 1. The lowest BCUT2D eigenvalue weighted by Gasteiger charge is -2.06. The zero-order chi connectivity index (χ0) is 19.5. The topological polar surface area (TPSA) is 80.9 Å². The van der Waals surface area contributed by atoms with Crippen molar-refractivity contribution in [3.8, 4) is 22.8 Å². The third-order valence-corrected chi connectivity index (χ3v) is 5.02. The molecule has 0 aliphatic rings. The van der Waals surface area contributed by atoms with Gasteiger partial charge in [-0.3, -0.25) is 10.1 Å². The summed E-state index contributed by atoms with van der Waals surface area (Å²) in [4.78, 5) is 17.0. The number of nitrogens with zero attached hydrogens (tertiary/aromatic N) is 3. The van der Waals surface area contributed by atoms with Crippen molar-refractivity contribution >= 4 is 22.4 Å². The fourth-order valence-electron chi connectivity index (χ4n) is 2.66. The van der Waals surface area contributed by atoms with Crippen LogP contribution in [0.15, 0.2) is 59.1 Å². The lowest BCUT2D eigenvalue weighted by molar-refractivity contribution is 0.102. The fourth-order valence-corrected chi connectivity index (χ4v) is 3.34. The molecule has 4 aromatic rings. The fraction of sp³-hybridized carbons (Fsp3) is 0.100. The maximum Gasteiger partial charge on any atom is 0.258 e. The molecule has 1 amide bonds. The molecule has 0 spiro atoms. The molecule has 140 valence electrons. The summed E-state index contributed by atoms with van der Waals surface area (Å²) in [7, 11) is 0. The molecule has 0 bridgehead atoms. The first-order valence-corrected chi connectivity index (χ1v) is 9.41. The molecule has 0 unspecified atom stereocenters. The first-order valence-electron chi connectivity index (χ1n) is 8.59. The number of hydrogen-bond acceptors (Lipinski definition) is 6. The molecule has 0 radical (unpaired) electrons. The van der Waals surface area contributed by atoms with E-state index in [1.807, 2.05) is 6.92 Å². The summed E-state index contributed by atoms with van der Waals surface area (Å²) in [6.45, 7) is 1.97. The van der Waals surface area contributed by atoms with Gasteiger partial charge in [0.1, 0.15) is 10.8 Å². The summed E-state index contributed by atoms with van der Waals surface area (Å²) in [5.74, 6) is -0.227. The molecule has 2 heterocycles. The molecular formula is C20H15FN4O2S. The first kappa shape index (κ1) is 18.0. The van der Waals surface area contributed by atoms with Gasteiger partial charge in [0.15, 0.2) is 5.76 Å². The van der Waals surface area contributed by atoms with Gasteiger partial charge in [-0.05, 0) is 30.7 Å². The molecule has 0 aliphatic heterocycles. The minimum absolute atomic E-state index is 0.232. The van der Waals surface area contributed by atoms with Gasteiger partial charge in [-0.2, -0.15) is 0 Å². The van der Waals surface area contributed by atoms with E-state index in [0.717, 1.165) is 11.4 Å². The number of oxazole rings is 1. The molecular weight excluding hydrogens is 379 g/mol. The zero-order valence-corrected chi connectivity index (χ0v) is 15.7. The van der Waals surface area contributed by atoms with Gasteiger partial charge in [0.2, 0.25) is 11.0 Å². The van der Waals surface area contributed by atoms with E-state index in [1.54, 1.807) is 42.5 Å². The van der Waals surface area contributed by atoms with E-state index in [2.05, 4.69) is 20.5 Å². The number of carbonyl (C=O) groups excluding carboxylic acids is 1. The van der Waals surface area contributed by atoms with E-state index in [1.165, 1.54) is 23.6 Å². The average molecular weight is 394 g/mol. The number of carbonyl (C=O) groups is 1. The first-order chi connectivity index (χ1) is 13.7. The highest BCUT2D eigenvalue weighted by Crippen LogP contribution is 2.30. The number of benzene rings is 2. The predicted molar refractivity (Wildman–Crippen MR) is 105 cm³/mol. The highest BCUT2D eigenvalue weighted by Gasteiger charge is 2.19. The lowest BCUT2D eigenvalue weighted by Crippen LogP contribution is -2.13. The second kappa shape index (κ2) is 7.69. The van der Waals surface area contributed by atoms with Crippen LogP contribution in [0.1, 0.15) is 22.3 Å². The average Bonchev–Trinajstić information content (AvgIpc) is 3.38. The summed E-state index contributed by atoms with van der Waals surface area (Å²) < 4.78 is 19.7. The van der Waals surface area contributed by atoms with Crippen LogP contribution < -0.4 is 5.32 Å². The Bertz CT molecular complexity index is 1140. The van der Waals surface area contributed by atoms with Crippen LogP contribution in [0, 0.1) is 5.82 Å². The molecule has 8 heteroatoms. The van der Waals surface area contributed by atoms with Crippen molar-refractivity contribution in [2.45, 2.75) is 13.3 Å². The maximum absolute atomic E-state index is 14.0. The second-order valence-corrected chi connectivity index (χ2v) is 6.93. The van der Waals surface area contributed by atoms with E-state index >= 15 is 0 Å². The minimum Gasteiger partial charge on any atom is -0.436 e. The van der Waals surface area contributed by atoms with Gasteiger partial charge >= 0.3 is 0 Å². The number of amides is 1. The van der Waals surface area contributed by atoms with Gasteiger partial charge in [0, 0.05) is 5.56 Å². The van der Waals surface area contributed by atoms with E-state index in [9.17, 15) is 9.18 Å². The Balaban J connectivity index is 1.65.